The molecule has 0 amide bonds. The number of ether oxygens (including phenoxy) is 1. The highest BCUT2D eigenvalue weighted by Gasteiger charge is 2.30. The van der Waals surface area contributed by atoms with Crippen molar-refractivity contribution < 1.29 is 33.5 Å². The van der Waals surface area contributed by atoms with E-state index in [9.17, 15) is 4.79 Å². The van der Waals surface area contributed by atoms with Crippen molar-refractivity contribution in [3.63, 3.8) is 0 Å². The van der Waals surface area contributed by atoms with Crippen molar-refractivity contribution in [2.24, 2.45) is 0 Å². The SMILES string of the molecule is CC[P+](CC)(CC)CCOC(C)=O.[I-]. The maximum Gasteiger partial charge on any atom is 0.302 e. The van der Waals surface area contributed by atoms with Crippen molar-refractivity contribution in [2.45, 2.75) is 27.7 Å². The average Bonchev–Trinajstić information content (AvgIpc) is 2.13. The van der Waals surface area contributed by atoms with Crippen LogP contribution in [-0.4, -0.2) is 37.2 Å². The molecule has 86 valence electrons. The molecule has 0 rings (SSSR count). The number of esters is 1. The third kappa shape index (κ3) is 6.18. The molecule has 0 aliphatic rings. The maximum atomic E-state index is 10.6. The van der Waals surface area contributed by atoms with Crippen LogP contribution in [0.5, 0.6) is 0 Å². The summed E-state index contributed by atoms with van der Waals surface area (Å²) in [4.78, 5) is 10.6. The molecule has 0 saturated heterocycles. The van der Waals surface area contributed by atoms with E-state index in [0.29, 0.717) is 6.61 Å². The minimum Gasteiger partial charge on any atom is -1.00 e. The summed E-state index contributed by atoms with van der Waals surface area (Å²) in [7, 11) is -0.772. The summed E-state index contributed by atoms with van der Waals surface area (Å²) >= 11 is 0. The molecule has 0 N–H and O–H groups in total. The number of hydrogen-bond acceptors (Lipinski definition) is 2. The van der Waals surface area contributed by atoms with Gasteiger partial charge in [0.15, 0.2) is 0 Å². The molecule has 0 aliphatic heterocycles. The van der Waals surface area contributed by atoms with Gasteiger partial charge in [-0.05, 0) is 20.8 Å². The lowest BCUT2D eigenvalue weighted by Gasteiger charge is -2.22. The maximum absolute atomic E-state index is 10.6. The molecule has 0 aromatic carbocycles. The van der Waals surface area contributed by atoms with Crippen LogP contribution in [0.1, 0.15) is 27.7 Å². The molecule has 0 aromatic rings. The lowest BCUT2D eigenvalue weighted by Crippen LogP contribution is -3.00. The molecule has 0 aromatic heterocycles. The average molecular weight is 332 g/mol. The van der Waals surface area contributed by atoms with Crippen LogP contribution in [0.2, 0.25) is 0 Å². The fourth-order valence-corrected chi connectivity index (χ4v) is 4.30. The number of hydrogen-bond donors (Lipinski definition) is 0. The van der Waals surface area contributed by atoms with E-state index in [2.05, 4.69) is 20.8 Å². The summed E-state index contributed by atoms with van der Waals surface area (Å²) < 4.78 is 4.99. The number of carbonyl (C=O) groups excluding carboxylic acids is 1. The second kappa shape index (κ2) is 8.90. The highest BCUT2D eigenvalue weighted by atomic mass is 127. The van der Waals surface area contributed by atoms with Crippen LogP contribution in [0.4, 0.5) is 0 Å². The molecule has 0 bridgehead atoms. The Balaban J connectivity index is 0. The smallest absolute Gasteiger partial charge is 0.302 e. The first-order chi connectivity index (χ1) is 6.10. The van der Waals surface area contributed by atoms with Crippen LogP contribution in [-0.2, 0) is 9.53 Å². The number of halogens is 1. The van der Waals surface area contributed by atoms with E-state index in [0.717, 1.165) is 6.16 Å². The lowest BCUT2D eigenvalue weighted by molar-refractivity contribution is -0.140. The van der Waals surface area contributed by atoms with Crippen molar-refractivity contribution in [3.05, 3.63) is 0 Å². The van der Waals surface area contributed by atoms with Crippen LogP contribution < -0.4 is 24.0 Å². The number of rotatable bonds is 6. The molecular formula is C10H22IO2P. The van der Waals surface area contributed by atoms with E-state index in [1.165, 1.54) is 25.4 Å². The van der Waals surface area contributed by atoms with E-state index in [1.807, 2.05) is 0 Å². The van der Waals surface area contributed by atoms with Crippen LogP contribution in [0.3, 0.4) is 0 Å². The number of carbonyl (C=O) groups is 1. The molecule has 0 saturated carbocycles. The summed E-state index contributed by atoms with van der Waals surface area (Å²) in [5, 5.41) is 0. The van der Waals surface area contributed by atoms with Crippen molar-refractivity contribution in [1.82, 2.24) is 0 Å². The molecule has 0 heterocycles. The molecule has 0 unspecified atom stereocenters. The van der Waals surface area contributed by atoms with Crippen LogP contribution in [0, 0.1) is 0 Å². The predicted molar refractivity (Wildman–Crippen MR) is 60.0 cm³/mol. The Hall–Kier alpha value is 0.630. The Morgan fingerprint density at radius 2 is 1.57 bits per heavy atom. The van der Waals surface area contributed by atoms with Gasteiger partial charge in [-0.15, -0.1) is 0 Å². The first-order valence-corrected chi connectivity index (χ1v) is 7.61. The summed E-state index contributed by atoms with van der Waals surface area (Å²) in [6, 6.07) is 0. The van der Waals surface area contributed by atoms with E-state index < -0.39 is 7.26 Å². The van der Waals surface area contributed by atoms with Gasteiger partial charge in [0, 0.05) is 14.2 Å². The van der Waals surface area contributed by atoms with Gasteiger partial charge < -0.3 is 28.7 Å². The van der Waals surface area contributed by atoms with Gasteiger partial charge in [0.2, 0.25) is 0 Å². The molecule has 0 radical (unpaired) electrons. The van der Waals surface area contributed by atoms with E-state index in [-0.39, 0.29) is 29.9 Å². The standard InChI is InChI=1S/C10H22O2P.HI/c1-5-13(6-2,7-3)9-8-12-10(4)11;/h5-9H2,1-4H3;1H/q+1;/p-1. The van der Waals surface area contributed by atoms with Crippen LogP contribution in [0.15, 0.2) is 0 Å². The Labute approximate surface area is 106 Å². The van der Waals surface area contributed by atoms with Crippen LogP contribution >= 0.6 is 7.26 Å². The Morgan fingerprint density at radius 3 is 1.86 bits per heavy atom. The van der Waals surface area contributed by atoms with E-state index in [1.54, 1.807) is 0 Å². The third-order valence-electron chi connectivity index (χ3n) is 2.88. The van der Waals surface area contributed by atoms with Crippen molar-refractivity contribution in [2.75, 3.05) is 31.3 Å². The zero-order valence-electron chi connectivity index (χ0n) is 9.68. The molecule has 0 atom stereocenters. The lowest BCUT2D eigenvalue weighted by atomic mass is 10.8. The van der Waals surface area contributed by atoms with Gasteiger partial charge in [-0.25, -0.2) is 0 Å². The van der Waals surface area contributed by atoms with Gasteiger partial charge in [0.05, 0.1) is 24.6 Å². The topological polar surface area (TPSA) is 26.3 Å². The highest BCUT2D eigenvalue weighted by Crippen LogP contribution is 2.57. The van der Waals surface area contributed by atoms with Gasteiger partial charge in [-0.1, -0.05) is 0 Å². The van der Waals surface area contributed by atoms with Crippen molar-refractivity contribution >= 4 is 13.2 Å². The molecule has 0 fully saturated rings. The van der Waals surface area contributed by atoms with Crippen molar-refractivity contribution in [3.8, 4) is 0 Å². The Bertz CT molecular complexity index is 150. The van der Waals surface area contributed by atoms with Crippen LogP contribution in [0.25, 0.3) is 0 Å². The van der Waals surface area contributed by atoms with Gasteiger partial charge >= 0.3 is 5.97 Å². The minimum atomic E-state index is -0.772. The third-order valence-corrected chi connectivity index (χ3v) is 8.04. The van der Waals surface area contributed by atoms with Crippen molar-refractivity contribution in [1.29, 1.82) is 0 Å². The molecule has 4 heteroatoms. The predicted octanol–water partition coefficient (Wildman–Crippen LogP) is -0.369. The molecule has 0 aliphatic carbocycles. The minimum absolute atomic E-state index is 0. The Morgan fingerprint density at radius 1 is 1.14 bits per heavy atom. The first-order valence-electron chi connectivity index (χ1n) is 5.08. The zero-order valence-corrected chi connectivity index (χ0v) is 12.7. The molecule has 0 spiro atoms. The van der Waals surface area contributed by atoms with E-state index >= 15 is 0 Å². The van der Waals surface area contributed by atoms with Gasteiger partial charge in [-0.3, -0.25) is 4.79 Å². The monoisotopic (exact) mass is 332 g/mol. The summed E-state index contributed by atoms with van der Waals surface area (Å²) in [5.74, 6) is -0.151. The molecule has 14 heavy (non-hydrogen) atoms. The fraction of sp³-hybridized carbons (Fsp3) is 0.900. The highest BCUT2D eigenvalue weighted by molar-refractivity contribution is 7.75. The summed E-state index contributed by atoms with van der Waals surface area (Å²) in [5.41, 5.74) is 0. The normalized spacial score (nSPS) is 10.6. The summed E-state index contributed by atoms with van der Waals surface area (Å²) in [6.45, 7) is 8.88. The van der Waals surface area contributed by atoms with Gasteiger partial charge in [-0.2, -0.15) is 0 Å². The van der Waals surface area contributed by atoms with Gasteiger partial charge in [0.1, 0.15) is 6.61 Å². The van der Waals surface area contributed by atoms with Gasteiger partial charge in [0.25, 0.3) is 0 Å². The summed E-state index contributed by atoms with van der Waals surface area (Å²) in [6.07, 6.45) is 4.94. The zero-order chi connectivity index (χ0) is 10.3. The molecule has 2 nitrogen and oxygen atoms in total. The largest absolute Gasteiger partial charge is 1.00 e. The van der Waals surface area contributed by atoms with E-state index in [4.69, 9.17) is 4.74 Å². The Kier molecular flexibility index (Phi) is 10.8. The fourth-order valence-electron chi connectivity index (χ4n) is 1.53. The molecular weight excluding hydrogens is 310 g/mol. The quantitative estimate of drug-likeness (QED) is 0.377. The second-order valence-corrected chi connectivity index (χ2v) is 8.38. The second-order valence-electron chi connectivity index (χ2n) is 3.35. The first kappa shape index (κ1) is 17.0.